The first-order valence-corrected chi connectivity index (χ1v) is 5.13. The van der Waals surface area contributed by atoms with Gasteiger partial charge in [-0.3, -0.25) is 0 Å². The van der Waals surface area contributed by atoms with E-state index in [9.17, 15) is 0 Å². The van der Waals surface area contributed by atoms with Crippen LogP contribution in [0.1, 0.15) is 40.0 Å². The van der Waals surface area contributed by atoms with Crippen molar-refractivity contribution in [1.29, 1.82) is 0 Å². The van der Waals surface area contributed by atoms with Gasteiger partial charge in [-0.2, -0.15) is 0 Å². The van der Waals surface area contributed by atoms with Gasteiger partial charge in [0.25, 0.3) is 0 Å². The molecule has 0 radical (unpaired) electrons. The van der Waals surface area contributed by atoms with Gasteiger partial charge in [-0.15, -0.1) is 0 Å². The SMILES string of the molecule is CCC1CNC(CC)(CC)CO1. The predicted molar refractivity (Wildman–Crippen MR) is 51.3 cm³/mol. The summed E-state index contributed by atoms with van der Waals surface area (Å²) in [6.45, 7) is 8.55. The average molecular weight is 171 g/mol. The molecule has 1 unspecified atom stereocenters. The van der Waals surface area contributed by atoms with E-state index in [1.807, 2.05) is 0 Å². The Bertz CT molecular complexity index is 122. The molecule has 0 amide bonds. The highest BCUT2D eigenvalue weighted by Gasteiger charge is 2.31. The van der Waals surface area contributed by atoms with Crippen molar-refractivity contribution in [2.24, 2.45) is 0 Å². The standard InChI is InChI=1S/C10H21NO/c1-4-9-7-11-10(5-2,6-3)8-12-9/h9,11H,4-8H2,1-3H3. The first kappa shape index (κ1) is 10.0. The molecule has 1 rings (SSSR count). The first-order valence-electron chi connectivity index (χ1n) is 5.13. The van der Waals surface area contributed by atoms with Gasteiger partial charge in [0.1, 0.15) is 0 Å². The summed E-state index contributed by atoms with van der Waals surface area (Å²) in [7, 11) is 0. The maximum atomic E-state index is 5.76. The van der Waals surface area contributed by atoms with Gasteiger partial charge in [0, 0.05) is 12.1 Å². The van der Waals surface area contributed by atoms with Crippen LogP contribution in [-0.4, -0.2) is 24.8 Å². The molecule has 0 spiro atoms. The fourth-order valence-electron chi connectivity index (χ4n) is 1.68. The van der Waals surface area contributed by atoms with E-state index < -0.39 is 0 Å². The van der Waals surface area contributed by atoms with Crippen LogP contribution in [0.25, 0.3) is 0 Å². The lowest BCUT2D eigenvalue weighted by Gasteiger charge is -2.40. The summed E-state index contributed by atoms with van der Waals surface area (Å²) in [5, 5.41) is 3.61. The topological polar surface area (TPSA) is 21.3 Å². The van der Waals surface area contributed by atoms with E-state index in [4.69, 9.17) is 4.74 Å². The maximum absolute atomic E-state index is 5.76. The van der Waals surface area contributed by atoms with E-state index in [1.54, 1.807) is 0 Å². The molecule has 1 aliphatic rings. The maximum Gasteiger partial charge on any atom is 0.0698 e. The Kier molecular flexibility index (Phi) is 3.53. The predicted octanol–water partition coefficient (Wildman–Crippen LogP) is 1.94. The van der Waals surface area contributed by atoms with Crippen LogP contribution in [0.5, 0.6) is 0 Å². The molecule has 2 nitrogen and oxygen atoms in total. The lowest BCUT2D eigenvalue weighted by Crippen LogP contribution is -2.56. The fourth-order valence-corrected chi connectivity index (χ4v) is 1.68. The largest absolute Gasteiger partial charge is 0.375 e. The number of rotatable bonds is 3. The zero-order chi connectivity index (χ0) is 9.03. The lowest BCUT2D eigenvalue weighted by atomic mass is 9.92. The van der Waals surface area contributed by atoms with E-state index in [2.05, 4.69) is 26.1 Å². The third kappa shape index (κ3) is 1.99. The number of hydrogen-bond acceptors (Lipinski definition) is 2. The molecule has 0 aromatic heterocycles. The van der Waals surface area contributed by atoms with Crippen LogP contribution in [-0.2, 0) is 4.74 Å². The van der Waals surface area contributed by atoms with Crippen LogP contribution in [0.15, 0.2) is 0 Å². The molecule has 1 fully saturated rings. The fraction of sp³-hybridized carbons (Fsp3) is 1.00. The molecule has 1 N–H and O–H groups in total. The van der Waals surface area contributed by atoms with Gasteiger partial charge in [0.05, 0.1) is 12.7 Å². The molecule has 12 heavy (non-hydrogen) atoms. The Labute approximate surface area is 75.7 Å². The molecule has 1 atom stereocenters. The smallest absolute Gasteiger partial charge is 0.0698 e. The van der Waals surface area contributed by atoms with Crippen molar-refractivity contribution in [2.45, 2.75) is 51.7 Å². The van der Waals surface area contributed by atoms with Crippen LogP contribution in [0.3, 0.4) is 0 Å². The van der Waals surface area contributed by atoms with Gasteiger partial charge >= 0.3 is 0 Å². The summed E-state index contributed by atoms with van der Waals surface area (Å²) in [5.74, 6) is 0. The molecule has 0 aromatic rings. The summed E-state index contributed by atoms with van der Waals surface area (Å²) in [5.41, 5.74) is 0.270. The Morgan fingerprint density at radius 1 is 1.33 bits per heavy atom. The monoisotopic (exact) mass is 171 g/mol. The van der Waals surface area contributed by atoms with E-state index in [0.717, 1.165) is 19.6 Å². The van der Waals surface area contributed by atoms with Gasteiger partial charge in [0.15, 0.2) is 0 Å². The minimum Gasteiger partial charge on any atom is -0.375 e. The molecule has 0 aromatic carbocycles. The van der Waals surface area contributed by atoms with Crippen molar-refractivity contribution in [3.63, 3.8) is 0 Å². The summed E-state index contributed by atoms with van der Waals surface area (Å²) in [6.07, 6.45) is 3.90. The number of nitrogens with one attached hydrogen (secondary N) is 1. The Morgan fingerprint density at radius 3 is 2.33 bits per heavy atom. The number of hydrogen-bond donors (Lipinski definition) is 1. The highest BCUT2D eigenvalue weighted by Crippen LogP contribution is 2.20. The molecule has 1 aliphatic heterocycles. The van der Waals surface area contributed by atoms with E-state index in [0.29, 0.717) is 6.10 Å². The second-order valence-corrected chi connectivity index (χ2v) is 3.71. The number of morpholine rings is 1. The van der Waals surface area contributed by atoms with E-state index >= 15 is 0 Å². The van der Waals surface area contributed by atoms with Crippen LogP contribution < -0.4 is 5.32 Å². The normalized spacial score (nSPS) is 28.8. The lowest BCUT2D eigenvalue weighted by molar-refractivity contribution is -0.0369. The van der Waals surface area contributed by atoms with E-state index in [1.165, 1.54) is 12.8 Å². The van der Waals surface area contributed by atoms with Gasteiger partial charge in [0.2, 0.25) is 0 Å². The average Bonchev–Trinajstić information content (AvgIpc) is 2.18. The minimum atomic E-state index is 0.270. The summed E-state index contributed by atoms with van der Waals surface area (Å²) in [4.78, 5) is 0. The van der Waals surface area contributed by atoms with Crippen molar-refractivity contribution < 1.29 is 4.74 Å². The third-order valence-corrected chi connectivity index (χ3v) is 3.11. The third-order valence-electron chi connectivity index (χ3n) is 3.11. The molecular weight excluding hydrogens is 150 g/mol. The summed E-state index contributed by atoms with van der Waals surface area (Å²) >= 11 is 0. The number of ether oxygens (including phenoxy) is 1. The van der Waals surface area contributed by atoms with E-state index in [-0.39, 0.29) is 5.54 Å². The van der Waals surface area contributed by atoms with Gasteiger partial charge < -0.3 is 10.1 Å². The van der Waals surface area contributed by atoms with Crippen LogP contribution in [0.4, 0.5) is 0 Å². The Hall–Kier alpha value is -0.0800. The molecule has 0 saturated carbocycles. The van der Waals surface area contributed by atoms with Crippen LogP contribution in [0.2, 0.25) is 0 Å². The van der Waals surface area contributed by atoms with Crippen molar-refractivity contribution in [2.75, 3.05) is 13.2 Å². The Balaban J connectivity index is 2.42. The molecular formula is C10H21NO. The molecule has 1 heterocycles. The quantitative estimate of drug-likeness (QED) is 0.700. The van der Waals surface area contributed by atoms with Crippen LogP contribution in [0, 0.1) is 0 Å². The minimum absolute atomic E-state index is 0.270. The van der Waals surface area contributed by atoms with Gasteiger partial charge in [-0.1, -0.05) is 20.8 Å². The second kappa shape index (κ2) is 4.24. The van der Waals surface area contributed by atoms with Crippen LogP contribution >= 0.6 is 0 Å². The molecule has 0 bridgehead atoms. The molecule has 0 aliphatic carbocycles. The summed E-state index contributed by atoms with van der Waals surface area (Å²) < 4.78 is 5.76. The second-order valence-electron chi connectivity index (χ2n) is 3.71. The van der Waals surface area contributed by atoms with Crippen molar-refractivity contribution in [3.05, 3.63) is 0 Å². The zero-order valence-electron chi connectivity index (χ0n) is 8.52. The van der Waals surface area contributed by atoms with Gasteiger partial charge in [-0.05, 0) is 19.3 Å². The van der Waals surface area contributed by atoms with Crippen molar-refractivity contribution in [1.82, 2.24) is 5.32 Å². The Morgan fingerprint density at radius 2 is 2.00 bits per heavy atom. The van der Waals surface area contributed by atoms with Crippen molar-refractivity contribution >= 4 is 0 Å². The highest BCUT2D eigenvalue weighted by molar-refractivity contribution is 4.89. The first-order chi connectivity index (χ1) is 5.76. The summed E-state index contributed by atoms with van der Waals surface area (Å²) in [6, 6.07) is 0. The molecule has 2 heteroatoms. The molecule has 72 valence electrons. The van der Waals surface area contributed by atoms with Gasteiger partial charge in [-0.25, -0.2) is 0 Å². The molecule has 1 saturated heterocycles. The zero-order valence-corrected chi connectivity index (χ0v) is 8.52. The van der Waals surface area contributed by atoms with Crippen molar-refractivity contribution in [3.8, 4) is 0 Å². The highest BCUT2D eigenvalue weighted by atomic mass is 16.5.